The second-order valence-corrected chi connectivity index (χ2v) is 7.52. The van der Waals surface area contributed by atoms with E-state index in [4.69, 9.17) is 9.47 Å². The van der Waals surface area contributed by atoms with Crippen molar-refractivity contribution in [2.75, 3.05) is 53.0 Å². The first-order valence-corrected chi connectivity index (χ1v) is 10.7. The zero-order valence-corrected chi connectivity index (χ0v) is 17.0. The van der Waals surface area contributed by atoms with E-state index in [1.54, 1.807) is 0 Å². The van der Waals surface area contributed by atoms with Gasteiger partial charge in [0.2, 0.25) is 0 Å². The van der Waals surface area contributed by atoms with E-state index in [0.717, 1.165) is 77.3 Å². The fraction of sp³-hybridized carbons (Fsp3) is 0.950. The Labute approximate surface area is 160 Å². The molecule has 152 valence electrons. The zero-order chi connectivity index (χ0) is 18.5. The van der Waals surface area contributed by atoms with Gasteiger partial charge in [-0.3, -0.25) is 4.99 Å². The van der Waals surface area contributed by atoms with Crippen LogP contribution < -0.4 is 10.6 Å². The molecule has 26 heavy (non-hydrogen) atoms. The molecule has 1 saturated carbocycles. The van der Waals surface area contributed by atoms with Crippen LogP contribution >= 0.6 is 0 Å². The molecule has 6 nitrogen and oxygen atoms in total. The van der Waals surface area contributed by atoms with Gasteiger partial charge >= 0.3 is 0 Å². The Bertz CT molecular complexity index is 380. The third-order valence-corrected chi connectivity index (χ3v) is 5.34. The molecule has 1 aliphatic carbocycles. The lowest BCUT2D eigenvalue weighted by Crippen LogP contribution is -2.40. The summed E-state index contributed by atoms with van der Waals surface area (Å²) >= 11 is 0. The summed E-state index contributed by atoms with van der Waals surface area (Å²) in [6, 6.07) is 0.802. The monoisotopic (exact) mass is 368 g/mol. The molecule has 1 unspecified atom stereocenters. The van der Waals surface area contributed by atoms with E-state index in [9.17, 15) is 0 Å². The lowest BCUT2D eigenvalue weighted by atomic mass is 9.94. The van der Waals surface area contributed by atoms with Crippen LogP contribution in [0.5, 0.6) is 0 Å². The minimum Gasteiger partial charge on any atom is -0.379 e. The van der Waals surface area contributed by atoms with Crippen LogP contribution in [0.15, 0.2) is 4.99 Å². The fourth-order valence-corrected chi connectivity index (χ4v) is 3.73. The molecule has 2 N–H and O–H groups in total. The van der Waals surface area contributed by atoms with E-state index in [1.807, 2.05) is 0 Å². The van der Waals surface area contributed by atoms with Crippen molar-refractivity contribution in [3.8, 4) is 0 Å². The topological polar surface area (TPSA) is 58.1 Å². The van der Waals surface area contributed by atoms with E-state index in [-0.39, 0.29) is 0 Å². The molecule has 1 saturated heterocycles. The van der Waals surface area contributed by atoms with Crippen molar-refractivity contribution in [1.82, 2.24) is 15.5 Å². The first-order valence-electron chi connectivity index (χ1n) is 10.7. The maximum atomic E-state index is 5.79. The Kier molecular flexibility index (Phi) is 11.0. The van der Waals surface area contributed by atoms with E-state index in [2.05, 4.69) is 34.5 Å². The highest BCUT2D eigenvalue weighted by Crippen LogP contribution is 2.21. The molecular formula is C20H40N4O2. The van der Waals surface area contributed by atoms with E-state index < -0.39 is 0 Å². The normalized spacial score (nSPS) is 22.1. The second-order valence-electron chi connectivity index (χ2n) is 7.52. The molecule has 0 aromatic heterocycles. The van der Waals surface area contributed by atoms with Gasteiger partial charge in [-0.2, -0.15) is 0 Å². The largest absolute Gasteiger partial charge is 0.379 e. The van der Waals surface area contributed by atoms with Gasteiger partial charge in [-0.1, -0.05) is 19.3 Å². The standard InChI is InChI=1S/C20H40N4O2/c1-3-21-20(23-13-8-15-26-19-11-16-25-17-19)22-12-7-14-24(2)18-9-5-4-6-10-18/h18-19H,3-17H2,1-2H3,(H2,21,22,23). The van der Waals surface area contributed by atoms with E-state index in [1.165, 1.54) is 32.1 Å². The summed E-state index contributed by atoms with van der Waals surface area (Å²) in [6.45, 7) is 8.29. The van der Waals surface area contributed by atoms with Gasteiger partial charge in [0.1, 0.15) is 0 Å². The van der Waals surface area contributed by atoms with Crippen LogP contribution in [-0.4, -0.2) is 76.1 Å². The third-order valence-electron chi connectivity index (χ3n) is 5.34. The molecule has 0 radical (unpaired) electrons. The zero-order valence-electron chi connectivity index (χ0n) is 17.0. The van der Waals surface area contributed by atoms with Crippen molar-refractivity contribution in [3.05, 3.63) is 0 Å². The maximum Gasteiger partial charge on any atom is 0.191 e. The van der Waals surface area contributed by atoms with Gasteiger partial charge in [0.15, 0.2) is 5.96 Å². The Morgan fingerprint density at radius 2 is 2.00 bits per heavy atom. The number of rotatable bonds is 11. The summed E-state index contributed by atoms with van der Waals surface area (Å²) in [5.41, 5.74) is 0. The van der Waals surface area contributed by atoms with Crippen molar-refractivity contribution < 1.29 is 9.47 Å². The fourth-order valence-electron chi connectivity index (χ4n) is 3.73. The van der Waals surface area contributed by atoms with Crippen LogP contribution in [0, 0.1) is 0 Å². The molecule has 1 heterocycles. The van der Waals surface area contributed by atoms with Crippen molar-refractivity contribution in [3.63, 3.8) is 0 Å². The van der Waals surface area contributed by atoms with Crippen molar-refractivity contribution >= 4 is 5.96 Å². The SMILES string of the molecule is CCNC(=NCCCOC1CCOC1)NCCCN(C)C1CCCCC1. The molecule has 2 fully saturated rings. The number of nitrogens with one attached hydrogen (secondary N) is 2. The summed E-state index contributed by atoms with van der Waals surface area (Å²) in [5.74, 6) is 0.928. The molecule has 0 bridgehead atoms. The third kappa shape index (κ3) is 8.69. The Morgan fingerprint density at radius 3 is 2.73 bits per heavy atom. The van der Waals surface area contributed by atoms with E-state index >= 15 is 0 Å². The lowest BCUT2D eigenvalue weighted by molar-refractivity contribution is 0.0424. The summed E-state index contributed by atoms with van der Waals surface area (Å²) in [6.07, 6.45) is 10.4. The molecule has 1 atom stereocenters. The van der Waals surface area contributed by atoms with Crippen LogP contribution in [0.3, 0.4) is 0 Å². The average Bonchev–Trinajstić information content (AvgIpc) is 3.18. The van der Waals surface area contributed by atoms with Crippen LogP contribution in [0.25, 0.3) is 0 Å². The average molecular weight is 369 g/mol. The minimum absolute atomic E-state index is 0.298. The van der Waals surface area contributed by atoms with Gasteiger partial charge in [0.25, 0.3) is 0 Å². The Morgan fingerprint density at radius 1 is 1.15 bits per heavy atom. The smallest absolute Gasteiger partial charge is 0.191 e. The Hall–Kier alpha value is -0.850. The van der Waals surface area contributed by atoms with Crippen LogP contribution in [0.4, 0.5) is 0 Å². The maximum absolute atomic E-state index is 5.79. The Balaban J connectivity index is 1.54. The van der Waals surface area contributed by atoms with Gasteiger partial charge in [-0.15, -0.1) is 0 Å². The molecule has 0 aromatic rings. The summed E-state index contributed by atoms with van der Waals surface area (Å²) in [7, 11) is 2.28. The first kappa shape index (κ1) is 21.5. The second kappa shape index (κ2) is 13.3. The quantitative estimate of drug-likeness (QED) is 0.333. The van der Waals surface area contributed by atoms with Gasteiger partial charge in [-0.25, -0.2) is 0 Å². The van der Waals surface area contributed by atoms with Gasteiger partial charge in [-0.05, 0) is 52.6 Å². The molecule has 0 spiro atoms. The number of hydrogen-bond acceptors (Lipinski definition) is 4. The predicted molar refractivity (Wildman–Crippen MR) is 108 cm³/mol. The summed E-state index contributed by atoms with van der Waals surface area (Å²) in [4.78, 5) is 7.20. The van der Waals surface area contributed by atoms with Crippen LogP contribution in [-0.2, 0) is 9.47 Å². The summed E-state index contributed by atoms with van der Waals surface area (Å²) < 4.78 is 11.1. The molecular weight excluding hydrogens is 328 g/mol. The highest BCUT2D eigenvalue weighted by molar-refractivity contribution is 5.79. The minimum atomic E-state index is 0.298. The molecule has 0 aromatic carbocycles. The lowest BCUT2D eigenvalue weighted by Gasteiger charge is -2.31. The molecule has 2 rings (SSSR count). The van der Waals surface area contributed by atoms with Crippen LogP contribution in [0.2, 0.25) is 0 Å². The highest BCUT2D eigenvalue weighted by atomic mass is 16.5. The summed E-state index contributed by atoms with van der Waals surface area (Å²) in [5, 5.41) is 6.79. The molecule has 0 amide bonds. The number of ether oxygens (including phenoxy) is 2. The molecule has 1 aliphatic heterocycles. The van der Waals surface area contributed by atoms with Gasteiger partial charge < -0.3 is 25.0 Å². The molecule has 2 aliphatic rings. The predicted octanol–water partition coefficient (Wildman–Crippen LogP) is 2.39. The van der Waals surface area contributed by atoms with Crippen molar-refractivity contribution in [1.29, 1.82) is 0 Å². The van der Waals surface area contributed by atoms with Gasteiger partial charge in [0, 0.05) is 38.9 Å². The first-order chi connectivity index (χ1) is 12.8. The van der Waals surface area contributed by atoms with E-state index in [0.29, 0.717) is 6.10 Å². The van der Waals surface area contributed by atoms with Crippen molar-refractivity contribution in [2.45, 2.75) is 70.4 Å². The highest BCUT2D eigenvalue weighted by Gasteiger charge is 2.17. The van der Waals surface area contributed by atoms with Crippen molar-refractivity contribution in [2.24, 2.45) is 4.99 Å². The number of aliphatic imine (C=N–C) groups is 1. The number of hydrogen-bond donors (Lipinski definition) is 2. The number of nitrogens with zero attached hydrogens (tertiary/aromatic N) is 2. The van der Waals surface area contributed by atoms with Gasteiger partial charge in [0.05, 0.1) is 12.7 Å². The number of guanidine groups is 1. The van der Waals surface area contributed by atoms with Crippen LogP contribution in [0.1, 0.15) is 58.3 Å². The molecule has 6 heteroatoms.